The minimum atomic E-state index is 0.356. The largest absolute Gasteiger partial charge is 0.378 e. The lowest BCUT2D eigenvalue weighted by atomic mass is 10.1. The fourth-order valence-corrected chi connectivity index (χ4v) is 2.51. The van der Waals surface area contributed by atoms with E-state index in [0.717, 1.165) is 36.0 Å². The van der Waals surface area contributed by atoms with Crippen molar-refractivity contribution in [2.75, 3.05) is 11.9 Å². The quantitative estimate of drug-likeness (QED) is 0.859. The molecule has 5 heteroatoms. The molecule has 0 saturated carbocycles. The van der Waals surface area contributed by atoms with Crippen molar-refractivity contribution in [1.29, 1.82) is 0 Å². The number of hydrogen-bond acceptors (Lipinski definition) is 5. The van der Waals surface area contributed by atoms with Crippen molar-refractivity contribution in [3.63, 3.8) is 0 Å². The van der Waals surface area contributed by atoms with Gasteiger partial charge < -0.3 is 10.1 Å². The van der Waals surface area contributed by atoms with Crippen LogP contribution in [0.5, 0.6) is 0 Å². The SMILES string of the molecule is CCc1nnc(NC2CCOC(C)C2)s1. The monoisotopic (exact) mass is 227 g/mol. The Labute approximate surface area is 94.1 Å². The van der Waals surface area contributed by atoms with E-state index >= 15 is 0 Å². The second kappa shape index (κ2) is 4.90. The second-order valence-corrected chi connectivity index (χ2v) is 4.96. The maximum atomic E-state index is 5.50. The molecule has 0 bridgehead atoms. The Hall–Kier alpha value is -0.680. The highest BCUT2D eigenvalue weighted by Gasteiger charge is 2.20. The molecule has 0 amide bonds. The summed E-state index contributed by atoms with van der Waals surface area (Å²) >= 11 is 1.65. The summed E-state index contributed by atoms with van der Waals surface area (Å²) in [5, 5.41) is 13.7. The van der Waals surface area contributed by atoms with Crippen LogP contribution in [0, 0.1) is 0 Å². The molecule has 15 heavy (non-hydrogen) atoms. The molecule has 2 unspecified atom stereocenters. The molecule has 1 aromatic rings. The number of anilines is 1. The van der Waals surface area contributed by atoms with Crippen LogP contribution in [0.4, 0.5) is 5.13 Å². The molecule has 1 saturated heterocycles. The molecule has 1 aromatic heterocycles. The van der Waals surface area contributed by atoms with Gasteiger partial charge in [-0.25, -0.2) is 0 Å². The van der Waals surface area contributed by atoms with E-state index in [4.69, 9.17) is 4.74 Å². The first kappa shape index (κ1) is 10.8. The Morgan fingerprint density at radius 2 is 2.40 bits per heavy atom. The highest BCUT2D eigenvalue weighted by Crippen LogP contribution is 2.21. The molecular formula is C10H17N3OS. The van der Waals surface area contributed by atoms with E-state index in [1.807, 2.05) is 0 Å². The third-order valence-electron chi connectivity index (χ3n) is 2.58. The first-order chi connectivity index (χ1) is 7.28. The number of rotatable bonds is 3. The first-order valence-corrected chi connectivity index (χ1v) is 6.30. The van der Waals surface area contributed by atoms with E-state index in [9.17, 15) is 0 Å². The average Bonchev–Trinajstić information content (AvgIpc) is 2.65. The molecule has 0 radical (unpaired) electrons. The molecule has 4 nitrogen and oxygen atoms in total. The maximum absolute atomic E-state index is 5.50. The van der Waals surface area contributed by atoms with Gasteiger partial charge in [-0.1, -0.05) is 18.3 Å². The first-order valence-electron chi connectivity index (χ1n) is 5.48. The van der Waals surface area contributed by atoms with Crippen LogP contribution in [0.3, 0.4) is 0 Å². The van der Waals surface area contributed by atoms with Gasteiger partial charge in [-0.05, 0) is 26.2 Å². The topological polar surface area (TPSA) is 47.0 Å². The number of hydrogen-bond donors (Lipinski definition) is 1. The minimum absolute atomic E-state index is 0.356. The summed E-state index contributed by atoms with van der Waals surface area (Å²) in [6.45, 7) is 5.06. The second-order valence-electron chi connectivity index (χ2n) is 3.90. The van der Waals surface area contributed by atoms with Crippen molar-refractivity contribution in [3.8, 4) is 0 Å². The van der Waals surface area contributed by atoms with Gasteiger partial charge in [-0.3, -0.25) is 0 Å². The highest BCUT2D eigenvalue weighted by atomic mass is 32.1. The van der Waals surface area contributed by atoms with Crippen LogP contribution in [0.15, 0.2) is 0 Å². The van der Waals surface area contributed by atoms with Gasteiger partial charge in [-0.2, -0.15) is 0 Å². The summed E-state index contributed by atoms with van der Waals surface area (Å²) in [5.41, 5.74) is 0. The number of nitrogens with zero attached hydrogens (tertiary/aromatic N) is 2. The fraction of sp³-hybridized carbons (Fsp3) is 0.800. The summed E-state index contributed by atoms with van der Waals surface area (Å²) in [5.74, 6) is 0. The molecule has 1 N–H and O–H groups in total. The van der Waals surface area contributed by atoms with Gasteiger partial charge in [0.1, 0.15) is 5.01 Å². The van der Waals surface area contributed by atoms with Crippen LogP contribution in [-0.2, 0) is 11.2 Å². The summed E-state index contributed by atoms with van der Waals surface area (Å²) < 4.78 is 5.50. The molecule has 0 aliphatic carbocycles. The lowest BCUT2D eigenvalue weighted by molar-refractivity contribution is 0.0232. The molecule has 2 atom stereocenters. The van der Waals surface area contributed by atoms with Gasteiger partial charge >= 0.3 is 0 Å². The Bertz CT molecular complexity index is 315. The fourth-order valence-electron chi connectivity index (χ4n) is 1.76. The molecule has 2 heterocycles. The molecule has 1 fully saturated rings. The zero-order valence-electron chi connectivity index (χ0n) is 9.19. The predicted octanol–water partition coefficient (Wildman–Crippen LogP) is 2.08. The number of nitrogens with one attached hydrogen (secondary N) is 1. The normalized spacial score (nSPS) is 26.5. The van der Waals surface area contributed by atoms with Crippen LogP contribution in [0.2, 0.25) is 0 Å². The van der Waals surface area contributed by atoms with Gasteiger partial charge in [0.05, 0.1) is 6.10 Å². The van der Waals surface area contributed by atoms with E-state index in [-0.39, 0.29) is 0 Å². The Kier molecular flexibility index (Phi) is 3.53. The van der Waals surface area contributed by atoms with Gasteiger partial charge in [0.2, 0.25) is 5.13 Å². The molecule has 0 aromatic carbocycles. The van der Waals surface area contributed by atoms with E-state index in [0.29, 0.717) is 12.1 Å². The third-order valence-corrected chi connectivity index (χ3v) is 3.58. The molecule has 84 valence electrons. The summed E-state index contributed by atoms with van der Waals surface area (Å²) in [7, 11) is 0. The number of ether oxygens (including phenoxy) is 1. The molecule has 0 spiro atoms. The highest BCUT2D eigenvalue weighted by molar-refractivity contribution is 7.15. The predicted molar refractivity (Wildman–Crippen MR) is 61.3 cm³/mol. The zero-order valence-corrected chi connectivity index (χ0v) is 10.0. The van der Waals surface area contributed by atoms with Gasteiger partial charge in [0.25, 0.3) is 0 Å². The Balaban J connectivity index is 1.90. The van der Waals surface area contributed by atoms with E-state index < -0.39 is 0 Å². The van der Waals surface area contributed by atoms with Gasteiger partial charge in [-0.15, -0.1) is 10.2 Å². The summed E-state index contributed by atoms with van der Waals surface area (Å²) in [4.78, 5) is 0. The third kappa shape index (κ3) is 2.89. The van der Waals surface area contributed by atoms with Crippen molar-refractivity contribution >= 4 is 16.5 Å². The zero-order chi connectivity index (χ0) is 10.7. The maximum Gasteiger partial charge on any atom is 0.205 e. The van der Waals surface area contributed by atoms with E-state index in [1.165, 1.54) is 0 Å². The van der Waals surface area contributed by atoms with Crippen molar-refractivity contribution in [1.82, 2.24) is 10.2 Å². The van der Waals surface area contributed by atoms with Crippen molar-refractivity contribution < 1.29 is 4.74 Å². The van der Waals surface area contributed by atoms with Gasteiger partial charge in [0.15, 0.2) is 0 Å². The van der Waals surface area contributed by atoms with E-state index in [1.54, 1.807) is 11.3 Å². The van der Waals surface area contributed by atoms with Crippen LogP contribution in [0.1, 0.15) is 31.7 Å². The van der Waals surface area contributed by atoms with Crippen LogP contribution in [-0.4, -0.2) is 29.0 Å². The summed E-state index contributed by atoms with van der Waals surface area (Å²) in [6.07, 6.45) is 3.44. The van der Waals surface area contributed by atoms with Crippen LogP contribution < -0.4 is 5.32 Å². The lowest BCUT2D eigenvalue weighted by Gasteiger charge is -2.27. The standard InChI is InChI=1S/C10H17N3OS/c1-3-9-12-13-10(15-9)11-8-4-5-14-7(2)6-8/h7-8H,3-6H2,1-2H3,(H,11,13). The number of aromatic nitrogens is 2. The molecule has 1 aliphatic heterocycles. The van der Waals surface area contributed by atoms with Gasteiger partial charge in [0, 0.05) is 12.6 Å². The van der Waals surface area contributed by atoms with Crippen molar-refractivity contribution in [2.24, 2.45) is 0 Å². The number of aryl methyl sites for hydroxylation is 1. The Morgan fingerprint density at radius 3 is 3.07 bits per heavy atom. The molecule has 1 aliphatic rings. The Morgan fingerprint density at radius 1 is 1.53 bits per heavy atom. The minimum Gasteiger partial charge on any atom is -0.378 e. The van der Waals surface area contributed by atoms with Crippen LogP contribution in [0.25, 0.3) is 0 Å². The van der Waals surface area contributed by atoms with E-state index in [2.05, 4.69) is 29.4 Å². The van der Waals surface area contributed by atoms with Crippen LogP contribution >= 0.6 is 11.3 Å². The lowest BCUT2D eigenvalue weighted by Crippen LogP contribution is -2.32. The van der Waals surface area contributed by atoms with Crippen molar-refractivity contribution in [3.05, 3.63) is 5.01 Å². The summed E-state index contributed by atoms with van der Waals surface area (Å²) in [6, 6.07) is 0.492. The molecular weight excluding hydrogens is 210 g/mol. The average molecular weight is 227 g/mol. The smallest absolute Gasteiger partial charge is 0.205 e. The van der Waals surface area contributed by atoms with Crippen molar-refractivity contribution in [2.45, 2.75) is 45.3 Å². The molecule has 2 rings (SSSR count).